The Morgan fingerprint density at radius 2 is 1.40 bits per heavy atom. The molecule has 0 saturated heterocycles. The molecule has 2 amide bonds. The smallest absolute Gasteiger partial charge is 0.221 e. The largest absolute Gasteiger partial charge is 0.330 e. The number of benzene rings is 1. The molecule has 0 saturated carbocycles. The van der Waals surface area contributed by atoms with E-state index in [1.807, 2.05) is 12.1 Å². The number of nitrogens with two attached hydrogens (primary N) is 2. The number of nitrogens with one attached hydrogen (secondary N) is 2. The van der Waals surface area contributed by atoms with Crippen molar-refractivity contribution in [2.45, 2.75) is 26.7 Å². The van der Waals surface area contributed by atoms with Crippen LogP contribution in [0.15, 0.2) is 12.1 Å². The highest BCUT2D eigenvalue weighted by atomic mass is 16.2. The molecule has 0 aliphatic carbocycles. The standard InChI is InChI=1S/C14H22N4O2/c1-9(19)17-13-7-11(3-5-15)8-14(18-10(2)20)12(13)4-6-16/h7-8H,3-6,15-16H2,1-2H3,(H,17,19)(H,18,20). The Bertz CT molecular complexity index is 463. The third kappa shape index (κ3) is 4.64. The summed E-state index contributed by atoms with van der Waals surface area (Å²) in [5.74, 6) is -0.330. The van der Waals surface area contributed by atoms with Gasteiger partial charge in [0.25, 0.3) is 0 Å². The summed E-state index contributed by atoms with van der Waals surface area (Å²) in [4.78, 5) is 22.6. The van der Waals surface area contributed by atoms with Gasteiger partial charge in [-0.05, 0) is 43.6 Å². The van der Waals surface area contributed by atoms with Crippen LogP contribution >= 0.6 is 0 Å². The number of amides is 2. The Labute approximate surface area is 118 Å². The first-order chi connectivity index (χ1) is 9.47. The molecule has 1 aromatic rings. The van der Waals surface area contributed by atoms with E-state index in [0.717, 1.165) is 11.1 Å². The summed E-state index contributed by atoms with van der Waals surface area (Å²) in [7, 11) is 0. The Balaban J connectivity index is 3.30. The van der Waals surface area contributed by atoms with E-state index in [9.17, 15) is 9.59 Å². The lowest BCUT2D eigenvalue weighted by Crippen LogP contribution is -2.16. The van der Waals surface area contributed by atoms with Gasteiger partial charge in [-0.3, -0.25) is 9.59 Å². The zero-order valence-corrected chi connectivity index (χ0v) is 12.0. The van der Waals surface area contributed by atoms with Gasteiger partial charge < -0.3 is 22.1 Å². The quantitative estimate of drug-likeness (QED) is 0.611. The van der Waals surface area contributed by atoms with Crippen LogP contribution in [0.5, 0.6) is 0 Å². The van der Waals surface area contributed by atoms with Crippen molar-refractivity contribution in [1.29, 1.82) is 0 Å². The molecule has 6 heteroatoms. The molecule has 0 heterocycles. The number of hydrogen-bond acceptors (Lipinski definition) is 4. The Hall–Kier alpha value is -1.92. The van der Waals surface area contributed by atoms with Gasteiger partial charge in [-0.15, -0.1) is 0 Å². The summed E-state index contributed by atoms with van der Waals surface area (Å²) >= 11 is 0. The molecule has 0 fully saturated rings. The lowest BCUT2D eigenvalue weighted by Gasteiger charge is -2.17. The summed E-state index contributed by atoms with van der Waals surface area (Å²) in [6, 6.07) is 3.76. The molecule has 0 atom stereocenters. The number of rotatable bonds is 6. The van der Waals surface area contributed by atoms with Crippen LogP contribution in [0.2, 0.25) is 0 Å². The van der Waals surface area contributed by atoms with Gasteiger partial charge in [0.15, 0.2) is 0 Å². The maximum Gasteiger partial charge on any atom is 0.221 e. The molecule has 0 aromatic heterocycles. The predicted octanol–water partition coefficient (Wildman–Crippen LogP) is 0.606. The van der Waals surface area contributed by atoms with Gasteiger partial charge in [-0.2, -0.15) is 0 Å². The molecule has 6 nitrogen and oxygen atoms in total. The van der Waals surface area contributed by atoms with Crippen molar-refractivity contribution in [3.8, 4) is 0 Å². The molecule has 6 N–H and O–H groups in total. The minimum absolute atomic E-state index is 0.165. The van der Waals surface area contributed by atoms with Crippen LogP contribution in [-0.4, -0.2) is 24.9 Å². The number of carbonyl (C=O) groups is 2. The predicted molar refractivity (Wildman–Crippen MR) is 80.6 cm³/mol. The summed E-state index contributed by atoms with van der Waals surface area (Å²) in [5.41, 5.74) is 14.3. The summed E-state index contributed by atoms with van der Waals surface area (Å²) in [5, 5.41) is 5.57. The van der Waals surface area contributed by atoms with Gasteiger partial charge in [0.05, 0.1) is 0 Å². The van der Waals surface area contributed by atoms with E-state index in [1.165, 1.54) is 13.8 Å². The van der Waals surface area contributed by atoms with Gasteiger partial charge in [-0.25, -0.2) is 0 Å². The van der Waals surface area contributed by atoms with Crippen LogP contribution in [-0.2, 0) is 22.4 Å². The molecule has 0 spiro atoms. The molecule has 1 aromatic carbocycles. The lowest BCUT2D eigenvalue weighted by atomic mass is 10.0. The van der Waals surface area contributed by atoms with E-state index in [2.05, 4.69) is 10.6 Å². The molecule has 0 unspecified atom stereocenters. The maximum absolute atomic E-state index is 11.3. The van der Waals surface area contributed by atoms with Crippen molar-refractivity contribution in [3.05, 3.63) is 23.3 Å². The van der Waals surface area contributed by atoms with E-state index in [-0.39, 0.29) is 11.8 Å². The summed E-state index contributed by atoms with van der Waals surface area (Å²) < 4.78 is 0. The van der Waals surface area contributed by atoms with Crippen molar-refractivity contribution in [1.82, 2.24) is 0 Å². The first kappa shape index (κ1) is 16.1. The SMILES string of the molecule is CC(=O)Nc1cc(CCN)cc(NC(C)=O)c1CCN. The van der Waals surface area contributed by atoms with E-state index in [0.29, 0.717) is 37.3 Å². The fourth-order valence-electron chi connectivity index (χ4n) is 2.06. The number of carbonyl (C=O) groups excluding carboxylic acids is 2. The monoisotopic (exact) mass is 278 g/mol. The molecular weight excluding hydrogens is 256 g/mol. The second-order valence-electron chi connectivity index (χ2n) is 4.61. The van der Waals surface area contributed by atoms with Gasteiger partial charge in [0.1, 0.15) is 0 Å². The molecule has 0 aliphatic rings. The average Bonchev–Trinajstić information content (AvgIpc) is 2.32. The molecule has 110 valence electrons. The van der Waals surface area contributed by atoms with Crippen molar-refractivity contribution in [2.75, 3.05) is 23.7 Å². The van der Waals surface area contributed by atoms with Crippen molar-refractivity contribution in [2.24, 2.45) is 11.5 Å². The van der Waals surface area contributed by atoms with Crippen molar-refractivity contribution in [3.63, 3.8) is 0 Å². The van der Waals surface area contributed by atoms with Gasteiger partial charge in [0.2, 0.25) is 11.8 Å². The maximum atomic E-state index is 11.3. The van der Waals surface area contributed by atoms with Crippen LogP contribution in [0.3, 0.4) is 0 Å². The zero-order chi connectivity index (χ0) is 15.1. The summed E-state index contributed by atoms with van der Waals surface area (Å²) in [6.45, 7) is 3.81. The highest BCUT2D eigenvalue weighted by Gasteiger charge is 2.12. The highest BCUT2D eigenvalue weighted by Crippen LogP contribution is 2.28. The number of anilines is 2. The zero-order valence-electron chi connectivity index (χ0n) is 12.0. The van der Waals surface area contributed by atoms with E-state index < -0.39 is 0 Å². The molecule has 0 radical (unpaired) electrons. The summed E-state index contributed by atoms with van der Waals surface area (Å²) in [6.07, 6.45) is 1.23. The van der Waals surface area contributed by atoms with Crippen molar-refractivity contribution < 1.29 is 9.59 Å². The van der Waals surface area contributed by atoms with Gasteiger partial charge in [0, 0.05) is 30.8 Å². The first-order valence-corrected chi connectivity index (χ1v) is 6.59. The second-order valence-corrected chi connectivity index (χ2v) is 4.61. The van der Waals surface area contributed by atoms with Crippen LogP contribution in [0.25, 0.3) is 0 Å². The Morgan fingerprint density at radius 3 is 1.75 bits per heavy atom. The van der Waals surface area contributed by atoms with Crippen LogP contribution < -0.4 is 22.1 Å². The third-order valence-electron chi connectivity index (χ3n) is 2.76. The van der Waals surface area contributed by atoms with Gasteiger partial charge >= 0.3 is 0 Å². The molecule has 0 bridgehead atoms. The van der Waals surface area contributed by atoms with Crippen LogP contribution in [0, 0.1) is 0 Å². The fraction of sp³-hybridized carbons (Fsp3) is 0.429. The minimum Gasteiger partial charge on any atom is -0.330 e. The lowest BCUT2D eigenvalue weighted by molar-refractivity contribution is -0.115. The van der Waals surface area contributed by atoms with Crippen molar-refractivity contribution >= 4 is 23.2 Å². The first-order valence-electron chi connectivity index (χ1n) is 6.59. The number of hydrogen-bond donors (Lipinski definition) is 4. The topological polar surface area (TPSA) is 110 Å². The molecular formula is C14H22N4O2. The minimum atomic E-state index is -0.165. The van der Waals surface area contributed by atoms with Crippen LogP contribution in [0.4, 0.5) is 11.4 Å². The second kappa shape index (κ2) is 7.62. The normalized spacial score (nSPS) is 10.2. The molecule has 20 heavy (non-hydrogen) atoms. The fourth-order valence-corrected chi connectivity index (χ4v) is 2.06. The third-order valence-corrected chi connectivity index (χ3v) is 2.76. The Morgan fingerprint density at radius 1 is 0.950 bits per heavy atom. The van der Waals surface area contributed by atoms with Gasteiger partial charge in [-0.1, -0.05) is 0 Å². The molecule has 0 aliphatic heterocycles. The van der Waals surface area contributed by atoms with Crippen LogP contribution in [0.1, 0.15) is 25.0 Å². The average molecular weight is 278 g/mol. The van der Waals surface area contributed by atoms with E-state index in [4.69, 9.17) is 11.5 Å². The van der Waals surface area contributed by atoms with E-state index in [1.54, 1.807) is 0 Å². The highest BCUT2D eigenvalue weighted by molar-refractivity contribution is 5.94. The van der Waals surface area contributed by atoms with E-state index >= 15 is 0 Å². The Kier molecular flexibility index (Phi) is 6.14. The molecule has 1 rings (SSSR count).